The smallest absolute Gasteiger partial charge is 0.0874 e. The van der Waals surface area contributed by atoms with E-state index in [1.807, 2.05) is 0 Å². The first-order chi connectivity index (χ1) is 4.54. The molecule has 2 atom stereocenters. The summed E-state index contributed by atoms with van der Waals surface area (Å²) >= 11 is 0. The topological polar surface area (TPSA) is 9.23 Å². The van der Waals surface area contributed by atoms with Gasteiger partial charge < -0.3 is 4.74 Å². The van der Waals surface area contributed by atoms with Gasteiger partial charge in [-0.25, -0.2) is 0 Å². The highest BCUT2D eigenvalue weighted by Crippen LogP contribution is 2.49. The highest BCUT2D eigenvalue weighted by atomic mass is 16.5. The molecule has 2 unspecified atom stereocenters. The molecule has 2 aliphatic rings. The summed E-state index contributed by atoms with van der Waals surface area (Å²) in [6, 6.07) is 0. The molecule has 10 heavy (non-hydrogen) atoms. The minimum atomic E-state index is 0.0822. The quantitative estimate of drug-likeness (QED) is 0.466. The fourth-order valence-corrected chi connectivity index (χ4v) is 2.09. The molecule has 56 valence electrons. The molecule has 0 N–H and O–H groups in total. The van der Waals surface area contributed by atoms with Crippen molar-refractivity contribution in [2.45, 2.75) is 44.8 Å². The molecular formula is C9H14O. The molecule has 2 bridgehead atoms. The Kier molecular flexibility index (Phi) is 0.946. The first-order valence-corrected chi connectivity index (χ1v) is 3.94. The van der Waals surface area contributed by atoms with E-state index >= 15 is 0 Å². The van der Waals surface area contributed by atoms with Crippen molar-refractivity contribution >= 4 is 0 Å². The van der Waals surface area contributed by atoms with Crippen LogP contribution in [0.2, 0.25) is 0 Å². The van der Waals surface area contributed by atoms with Gasteiger partial charge in [0.2, 0.25) is 0 Å². The highest BCUT2D eigenvalue weighted by molar-refractivity contribution is 5.29. The molecule has 2 heterocycles. The Morgan fingerprint density at radius 3 is 2.30 bits per heavy atom. The summed E-state index contributed by atoms with van der Waals surface area (Å²) in [6.45, 7) is 6.54. The molecule has 0 saturated carbocycles. The first-order valence-electron chi connectivity index (χ1n) is 3.94. The van der Waals surface area contributed by atoms with Gasteiger partial charge in [0.05, 0.1) is 11.2 Å². The maximum absolute atomic E-state index is 5.87. The van der Waals surface area contributed by atoms with Gasteiger partial charge in [0.1, 0.15) is 0 Å². The van der Waals surface area contributed by atoms with E-state index < -0.39 is 0 Å². The molecule has 0 aromatic heterocycles. The van der Waals surface area contributed by atoms with E-state index in [-0.39, 0.29) is 11.2 Å². The standard InChI is InChI=1S/C9H14O/c1-7-6-8(2)4-5-9(7,3)10-8/h6H,4-5H2,1-3H3. The van der Waals surface area contributed by atoms with Crippen LogP contribution in [0.25, 0.3) is 0 Å². The van der Waals surface area contributed by atoms with E-state index in [1.165, 1.54) is 18.4 Å². The van der Waals surface area contributed by atoms with E-state index in [2.05, 4.69) is 26.8 Å². The van der Waals surface area contributed by atoms with Crippen LogP contribution in [0.5, 0.6) is 0 Å². The Hall–Kier alpha value is -0.300. The van der Waals surface area contributed by atoms with Crippen LogP contribution in [0.4, 0.5) is 0 Å². The van der Waals surface area contributed by atoms with Crippen molar-refractivity contribution in [3.05, 3.63) is 11.6 Å². The Bertz CT molecular complexity index is 207. The second-order valence-corrected chi connectivity index (χ2v) is 3.97. The Morgan fingerprint density at radius 2 is 2.10 bits per heavy atom. The summed E-state index contributed by atoms with van der Waals surface area (Å²) in [6.07, 6.45) is 4.67. The number of hydrogen-bond donors (Lipinski definition) is 0. The third kappa shape index (κ3) is 0.615. The van der Waals surface area contributed by atoms with Gasteiger partial charge in [0.25, 0.3) is 0 Å². The maximum atomic E-state index is 5.87. The predicted molar refractivity (Wildman–Crippen MR) is 40.9 cm³/mol. The third-order valence-electron chi connectivity index (χ3n) is 2.91. The molecule has 1 fully saturated rings. The van der Waals surface area contributed by atoms with Crippen LogP contribution in [0.1, 0.15) is 33.6 Å². The molecule has 0 radical (unpaired) electrons. The zero-order valence-corrected chi connectivity index (χ0v) is 6.90. The summed E-state index contributed by atoms with van der Waals surface area (Å²) in [5, 5.41) is 0. The fraction of sp³-hybridized carbons (Fsp3) is 0.778. The zero-order chi connectivity index (χ0) is 7.41. The monoisotopic (exact) mass is 138 g/mol. The van der Waals surface area contributed by atoms with E-state index in [1.54, 1.807) is 0 Å². The minimum Gasteiger partial charge on any atom is -0.361 e. The Labute approximate surface area is 62.1 Å². The molecule has 0 aromatic carbocycles. The van der Waals surface area contributed by atoms with Crippen molar-refractivity contribution in [3.63, 3.8) is 0 Å². The van der Waals surface area contributed by atoms with Crippen LogP contribution in [-0.4, -0.2) is 11.2 Å². The van der Waals surface area contributed by atoms with Gasteiger partial charge in [0, 0.05) is 0 Å². The Morgan fingerprint density at radius 1 is 1.40 bits per heavy atom. The lowest BCUT2D eigenvalue weighted by molar-refractivity contribution is -0.0146. The van der Waals surface area contributed by atoms with Gasteiger partial charge in [-0.1, -0.05) is 6.08 Å². The number of fused-ring (bicyclic) bond motifs is 2. The first kappa shape index (κ1) is 6.41. The molecule has 1 saturated heterocycles. The van der Waals surface area contributed by atoms with Crippen molar-refractivity contribution in [2.24, 2.45) is 0 Å². The second-order valence-electron chi connectivity index (χ2n) is 3.97. The normalized spacial score (nSPS) is 51.7. The van der Waals surface area contributed by atoms with E-state index in [4.69, 9.17) is 4.74 Å². The maximum Gasteiger partial charge on any atom is 0.0874 e. The summed E-state index contributed by atoms with van der Waals surface area (Å²) in [5.41, 5.74) is 1.59. The van der Waals surface area contributed by atoms with Crippen molar-refractivity contribution in [3.8, 4) is 0 Å². The largest absolute Gasteiger partial charge is 0.361 e. The average Bonchev–Trinajstić information content (AvgIpc) is 2.17. The SMILES string of the molecule is CC1=CC2(C)CCC1(C)O2. The molecule has 1 nitrogen and oxygen atoms in total. The van der Waals surface area contributed by atoms with Crippen LogP contribution < -0.4 is 0 Å². The molecule has 2 aliphatic heterocycles. The lowest BCUT2D eigenvalue weighted by Gasteiger charge is -2.20. The lowest BCUT2D eigenvalue weighted by atomic mass is 9.85. The van der Waals surface area contributed by atoms with Crippen LogP contribution >= 0.6 is 0 Å². The van der Waals surface area contributed by atoms with Gasteiger partial charge in [-0.2, -0.15) is 0 Å². The summed E-state index contributed by atoms with van der Waals surface area (Å²) in [7, 11) is 0. The van der Waals surface area contributed by atoms with Crippen LogP contribution in [0.3, 0.4) is 0 Å². The van der Waals surface area contributed by atoms with Crippen LogP contribution in [-0.2, 0) is 4.74 Å². The summed E-state index contributed by atoms with van der Waals surface area (Å²) in [5.74, 6) is 0. The summed E-state index contributed by atoms with van der Waals surface area (Å²) in [4.78, 5) is 0. The molecule has 0 amide bonds. The summed E-state index contributed by atoms with van der Waals surface area (Å²) < 4.78 is 5.87. The van der Waals surface area contributed by atoms with E-state index in [0.717, 1.165) is 0 Å². The average molecular weight is 138 g/mol. The third-order valence-corrected chi connectivity index (χ3v) is 2.91. The molecule has 0 aliphatic carbocycles. The number of ether oxygens (including phenoxy) is 1. The predicted octanol–water partition coefficient (Wildman–Crippen LogP) is 2.27. The van der Waals surface area contributed by atoms with Gasteiger partial charge in [-0.15, -0.1) is 0 Å². The van der Waals surface area contributed by atoms with E-state index in [0.29, 0.717) is 0 Å². The van der Waals surface area contributed by atoms with Gasteiger partial charge in [0.15, 0.2) is 0 Å². The highest BCUT2D eigenvalue weighted by Gasteiger charge is 2.49. The molecule has 0 aromatic rings. The molecule has 2 rings (SSSR count). The second kappa shape index (κ2) is 1.48. The minimum absolute atomic E-state index is 0.0822. The zero-order valence-electron chi connectivity index (χ0n) is 6.90. The molecular weight excluding hydrogens is 124 g/mol. The Balaban J connectivity index is 2.43. The van der Waals surface area contributed by atoms with E-state index in [9.17, 15) is 0 Å². The fourth-order valence-electron chi connectivity index (χ4n) is 2.09. The number of hydrogen-bond acceptors (Lipinski definition) is 1. The lowest BCUT2D eigenvalue weighted by Crippen LogP contribution is -2.22. The van der Waals surface area contributed by atoms with Crippen LogP contribution in [0, 0.1) is 0 Å². The van der Waals surface area contributed by atoms with Crippen molar-refractivity contribution in [1.82, 2.24) is 0 Å². The van der Waals surface area contributed by atoms with Crippen molar-refractivity contribution in [1.29, 1.82) is 0 Å². The van der Waals surface area contributed by atoms with Gasteiger partial charge in [-0.3, -0.25) is 0 Å². The van der Waals surface area contributed by atoms with Crippen LogP contribution in [0.15, 0.2) is 11.6 Å². The molecule has 1 heteroatoms. The van der Waals surface area contributed by atoms with Crippen molar-refractivity contribution < 1.29 is 4.74 Å². The van der Waals surface area contributed by atoms with Crippen molar-refractivity contribution in [2.75, 3.05) is 0 Å². The molecule has 0 spiro atoms. The van der Waals surface area contributed by atoms with Gasteiger partial charge in [-0.05, 0) is 39.2 Å². The van der Waals surface area contributed by atoms with Gasteiger partial charge >= 0.3 is 0 Å². The number of rotatable bonds is 0.